The zero-order chi connectivity index (χ0) is 23.0. The van der Waals surface area contributed by atoms with Crippen molar-refractivity contribution in [3.05, 3.63) is 23.2 Å². The van der Waals surface area contributed by atoms with E-state index < -0.39 is 0 Å². The number of carbonyl (C=O) groups excluding carboxylic acids is 2. The Morgan fingerprint density at radius 2 is 1.82 bits per heavy atom. The third-order valence-corrected chi connectivity index (χ3v) is 7.32. The molecule has 0 bridgehead atoms. The Hall–Kier alpha value is -1.83. The number of hydrogen-bond acceptors (Lipinski definition) is 5. The Kier molecular flexibility index (Phi) is 8.87. The van der Waals surface area contributed by atoms with Gasteiger partial charge in [-0.3, -0.25) is 9.59 Å². The summed E-state index contributed by atoms with van der Waals surface area (Å²) in [4.78, 5) is 31.8. The third-order valence-electron chi connectivity index (χ3n) is 7.09. The van der Waals surface area contributed by atoms with Crippen molar-refractivity contribution < 1.29 is 14.3 Å². The van der Waals surface area contributed by atoms with Crippen LogP contribution in [0.2, 0.25) is 5.02 Å². The smallest absolute Gasteiger partial charge is 0.227 e. The van der Waals surface area contributed by atoms with Crippen LogP contribution < -0.4 is 15.0 Å². The van der Waals surface area contributed by atoms with Crippen molar-refractivity contribution in [2.45, 2.75) is 57.4 Å². The molecule has 3 aliphatic heterocycles. The van der Waals surface area contributed by atoms with E-state index in [1.165, 1.54) is 45.2 Å². The minimum Gasteiger partial charge on any atom is -0.490 e. The van der Waals surface area contributed by atoms with E-state index in [1.807, 2.05) is 0 Å². The molecule has 4 rings (SSSR count). The first kappa shape index (κ1) is 24.3. The first-order valence-electron chi connectivity index (χ1n) is 12.6. The average Bonchev–Trinajstić information content (AvgIpc) is 2.85. The Morgan fingerprint density at radius 1 is 1.03 bits per heavy atom. The Labute approximate surface area is 202 Å². The molecule has 0 radical (unpaired) electrons. The number of carbonyl (C=O) groups is 2. The highest BCUT2D eigenvalue weighted by Gasteiger charge is 2.26. The maximum atomic E-state index is 12.7. The molecule has 7 nitrogen and oxygen atoms in total. The molecule has 1 aromatic carbocycles. The molecule has 1 aromatic rings. The molecule has 33 heavy (non-hydrogen) atoms. The Bertz CT molecular complexity index is 807. The number of nitrogens with zero attached hydrogens (tertiary/aromatic N) is 3. The largest absolute Gasteiger partial charge is 0.490 e. The predicted octanol–water partition coefficient (Wildman–Crippen LogP) is 3.30. The van der Waals surface area contributed by atoms with E-state index in [1.54, 1.807) is 23.1 Å². The van der Waals surface area contributed by atoms with E-state index in [0.29, 0.717) is 36.2 Å². The second kappa shape index (κ2) is 12.0. The van der Waals surface area contributed by atoms with Crippen LogP contribution in [0.15, 0.2) is 18.2 Å². The summed E-state index contributed by atoms with van der Waals surface area (Å²) in [6.45, 7) is 7.50. The van der Waals surface area contributed by atoms with Crippen molar-refractivity contribution >= 4 is 29.1 Å². The number of anilines is 1. The van der Waals surface area contributed by atoms with Crippen LogP contribution in [0.25, 0.3) is 0 Å². The highest BCUT2D eigenvalue weighted by atomic mass is 35.5. The number of benzene rings is 1. The van der Waals surface area contributed by atoms with Gasteiger partial charge < -0.3 is 24.8 Å². The van der Waals surface area contributed by atoms with Gasteiger partial charge in [0.05, 0.1) is 12.2 Å². The molecule has 3 heterocycles. The Morgan fingerprint density at radius 3 is 2.61 bits per heavy atom. The molecule has 3 aliphatic rings. The number of hydrogen-bond donors (Lipinski definition) is 1. The Balaban J connectivity index is 1.09. The summed E-state index contributed by atoms with van der Waals surface area (Å²) in [5, 5.41) is 3.54. The summed E-state index contributed by atoms with van der Waals surface area (Å²) in [6, 6.07) is 6.04. The number of nitrogens with one attached hydrogen (secondary N) is 1. The minimum absolute atomic E-state index is 0.0632. The molecule has 0 saturated carbocycles. The molecule has 0 atom stereocenters. The molecule has 0 spiro atoms. The topological polar surface area (TPSA) is 65.1 Å². The van der Waals surface area contributed by atoms with Gasteiger partial charge in [0.25, 0.3) is 0 Å². The first-order valence-corrected chi connectivity index (χ1v) is 12.9. The second-order valence-corrected chi connectivity index (χ2v) is 9.82. The quantitative estimate of drug-likeness (QED) is 0.583. The molecule has 2 fully saturated rings. The summed E-state index contributed by atoms with van der Waals surface area (Å²) in [5.41, 5.74) is 0.684. The summed E-state index contributed by atoms with van der Waals surface area (Å²) in [7, 11) is 0. The monoisotopic (exact) mass is 476 g/mol. The van der Waals surface area contributed by atoms with E-state index in [9.17, 15) is 9.59 Å². The van der Waals surface area contributed by atoms with E-state index in [0.717, 1.165) is 32.1 Å². The summed E-state index contributed by atoms with van der Waals surface area (Å²) in [6.07, 6.45) is 7.98. The van der Waals surface area contributed by atoms with Crippen LogP contribution in [0.5, 0.6) is 5.75 Å². The highest BCUT2D eigenvalue weighted by molar-refractivity contribution is 6.31. The lowest BCUT2D eigenvalue weighted by molar-refractivity contribution is -0.125. The van der Waals surface area contributed by atoms with Crippen LogP contribution in [0.3, 0.4) is 0 Å². The summed E-state index contributed by atoms with van der Waals surface area (Å²) >= 11 is 6.08. The molecule has 2 amide bonds. The molecular formula is C25H37ClN4O3. The second-order valence-electron chi connectivity index (χ2n) is 9.38. The molecule has 0 unspecified atom stereocenters. The minimum atomic E-state index is -0.0754. The van der Waals surface area contributed by atoms with E-state index >= 15 is 0 Å². The number of rotatable bonds is 8. The molecule has 0 aliphatic carbocycles. The molecule has 182 valence electrons. The predicted molar refractivity (Wildman–Crippen MR) is 131 cm³/mol. The van der Waals surface area contributed by atoms with Crippen LogP contribution in [-0.4, -0.2) is 80.1 Å². The third kappa shape index (κ3) is 6.84. The summed E-state index contributed by atoms with van der Waals surface area (Å²) < 4.78 is 5.60. The van der Waals surface area contributed by atoms with Gasteiger partial charge in [-0.05, 0) is 83.0 Å². The molecule has 1 N–H and O–H groups in total. The van der Waals surface area contributed by atoms with Crippen LogP contribution in [-0.2, 0) is 9.59 Å². The lowest BCUT2D eigenvalue weighted by Gasteiger charge is -2.40. The number of ether oxygens (including phenoxy) is 1. The SMILES string of the molecule is O=C(CCC(=O)N1CCOc2ccc(Cl)cc21)NCCCN1CCC(N2CCCCC2)CC1. The van der Waals surface area contributed by atoms with Crippen LogP contribution in [0, 0.1) is 0 Å². The fourth-order valence-corrected chi connectivity index (χ4v) is 5.38. The van der Waals surface area contributed by atoms with E-state index in [-0.39, 0.29) is 24.7 Å². The maximum Gasteiger partial charge on any atom is 0.227 e. The fourth-order valence-electron chi connectivity index (χ4n) is 5.22. The number of piperidine rings is 2. The van der Waals surface area contributed by atoms with E-state index in [2.05, 4.69) is 15.1 Å². The van der Waals surface area contributed by atoms with Crippen molar-refractivity contribution in [3.8, 4) is 5.75 Å². The van der Waals surface area contributed by atoms with Crippen LogP contribution >= 0.6 is 11.6 Å². The van der Waals surface area contributed by atoms with Crippen LogP contribution in [0.4, 0.5) is 5.69 Å². The van der Waals surface area contributed by atoms with Crippen molar-refractivity contribution in [1.82, 2.24) is 15.1 Å². The van der Waals surface area contributed by atoms with Gasteiger partial charge in [-0.15, -0.1) is 0 Å². The van der Waals surface area contributed by atoms with Crippen molar-refractivity contribution in [2.24, 2.45) is 0 Å². The van der Waals surface area contributed by atoms with Crippen molar-refractivity contribution in [3.63, 3.8) is 0 Å². The zero-order valence-electron chi connectivity index (χ0n) is 19.6. The molecular weight excluding hydrogens is 440 g/mol. The maximum absolute atomic E-state index is 12.7. The van der Waals surface area contributed by atoms with Gasteiger partial charge in [-0.2, -0.15) is 0 Å². The van der Waals surface area contributed by atoms with Gasteiger partial charge in [-0.25, -0.2) is 0 Å². The number of fused-ring (bicyclic) bond motifs is 1. The van der Waals surface area contributed by atoms with Gasteiger partial charge in [0, 0.05) is 30.5 Å². The van der Waals surface area contributed by atoms with Crippen LogP contribution in [0.1, 0.15) is 51.4 Å². The lowest BCUT2D eigenvalue weighted by atomic mass is 10.00. The van der Waals surface area contributed by atoms with Crippen molar-refractivity contribution in [1.29, 1.82) is 0 Å². The lowest BCUT2D eigenvalue weighted by Crippen LogP contribution is -2.47. The average molecular weight is 477 g/mol. The fraction of sp³-hybridized carbons (Fsp3) is 0.680. The van der Waals surface area contributed by atoms with Gasteiger partial charge in [0.1, 0.15) is 12.4 Å². The summed E-state index contributed by atoms with van der Waals surface area (Å²) in [5.74, 6) is 0.517. The first-order chi connectivity index (χ1) is 16.1. The van der Waals surface area contributed by atoms with Gasteiger partial charge in [-0.1, -0.05) is 18.0 Å². The highest BCUT2D eigenvalue weighted by Crippen LogP contribution is 2.34. The van der Waals surface area contributed by atoms with E-state index in [4.69, 9.17) is 16.3 Å². The normalized spacial score (nSPS) is 20.2. The molecule has 8 heteroatoms. The van der Waals surface area contributed by atoms with Gasteiger partial charge in [0.2, 0.25) is 11.8 Å². The zero-order valence-corrected chi connectivity index (χ0v) is 20.3. The standard InChI is InChI=1S/C25H37ClN4O3/c26-20-5-6-23-22(19-20)30(17-18-33-23)25(32)8-7-24(31)27-11-4-12-28-15-9-21(10-16-28)29-13-2-1-3-14-29/h5-6,19,21H,1-4,7-18H2,(H,27,31). The van der Waals surface area contributed by atoms with Crippen molar-refractivity contribution in [2.75, 3.05) is 57.3 Å². The number of amides is 2. The number of halogens is 1. The number of likely N-dealkylation sites (tertiary alicyclic amines) is 2. The van der Waals surface area contributed by atoms with Gasteiger partial charge in [0.15, 0.2) is 0 Å². The molecule has 0 aromatic heterocycles. The molecule has 2 saturated heterocycles. The van der Waals surface area contributed by atoms with Gasteiger partial charge >= 0.3 is 0 Å².